The second-order valence-corrected chi connectivity index (χ2v) is 8.66. The van der Waals surface area contributed by atoms with E-state index in [0.717, 1.165) is 18.6 Å². The first kappa shape index (κ1) is 18.3. The summed E-state index contributed by atoms with van der Waals surface area (Å²) in [7, 11) is 2.10. The normalized spacial score (nSPS) is 16.0. The lowest BCUT2D eigenvalue weighted by Crippen LogP contribution is -2.12. The number of H-pyrrole nitrogens is 1. The number of aromatic nitrogens is 2. The Morgan fingerprint density at radius 1 is 1.00 bits per heavy atom. The Morgan fingerprint density at radius 2 is 1.84 bits per heavy atom. The zero-order valence-corrected chi connectivity index (χ0v) is 17.8. The SMILES string of the molecule is Cn1ccc2cc(C3CCCc4c3[nH]c3ccccc43)c(OCc3ccccc3)cc21. The smallest absolute Gasteiger partial charge is 0.125 e. The Balaban J connectivity index is 1.48. The van der Waals surface area contributed by atoms with Crippen LogP contribution in [0.2, 0.25) is 0 Å². The third kappa shape index (κ3) is 3.12. The highest BCUT2D eigenvalue weighted by Gasteiger charge is 2.28. The van der Waals surface area contributed by atoms with Crippen LogP contribution in [0, 0.1) is 0 Å². The molecule has 0 fully saturated rings. The van der Waals surface area contributed by atoms with Crippen LogP contribution < -0.4 is 4.74 Å². The molecule has 0 spiro atoms. The fourth-order valence-corrected chi connectivity index (χ4v) is 5.17. The van der Waals surface area contributed by atoms with Crippen LogP contribution in [0.15, 0.2) is 79.0 Å². The van der Waals surface area contributed by atoms with Crippen LogP contribution in [0.1, 0.15) is 41.1 Å². The standard InChI is InChI=1S/C28H26N2O/c1-30-15-14-20-16-24(27(17-26(20)30)31-18-19-8-3-2-4-9-19)23-12-7-11-22-21-10-5-6-13-25(21)29-28(22)23/h2-6,8-10,13-17,23,29H,7,11-12,18H2,1H3. The fraction of sp³-hybridized carbons (Fsp3) is 0.214. The van der Waals surface area contributed by atoms with E-state index >= 15 is 0 Å². The Kier molecular flexibility index (Phi) is 4.34. The summed E-state index contributed by atoms with van der Waals surface area (Å²) in [4.78, 5) is 3.76. The van der Waals surface area contributed by atoms with Gasteiger partial charge in [0.05, 0.1) is 5.52 Å². The molecule has 2 aromatic heterocycles. The first-order valence-electron chi connectivity index (χ1n) is 11.1. The maximum absolute atomic E-state index is 6.47. The number of aryl methyl sites for hydroxylation is 2. The third-order valence-corrected chi connectivity index (χ3v) is 6.74. The first-order chi connectivity index (χ1) is 15.3. The highest BCUT2D eigenvalue weighted by molar-refractivity contribution is 5.86. The van der Waals surface area contributed by atoms with E-state index in [1.54, 1.807) is 0 Å². The Hall–Kier alpha value is -3.46. The van der Waals surface area contributed by atoms with Gasteiger partial charge in [-0.05, 0) is 48.6 Å². The quantitative estimate of drug-likeness (QED) is 0.353. The average Bonchev–Trinajstić information content (AvgIpc) is 3.38. The summed E-state index contributed by atoms with van der Waals surface area (Å²) >= 11 is 0. The van der Waals surface area contributed by atoms with Crippen LogP contribution in [-0.4, -0.2) is 9.55 Å². The minimum atomic E-state index is 0.325. The third-order valence-electron chi connectivity index (χ3n) is 6.74. The number of rotatable bonds is 4. The second-order valence-electron chi connectivity index (χ2n) is 8.66. The molecule has 0 saturated heterocycles. The maximum Gasteiger partial charge on any atom is 0.125 e. The Morgan fingerprint density at radius 3 is 2.74 bits per heavy atom. The number of fused-ring (bicyclic) bond motifs is 4. The van der Waals surface area contributed by atoms with Crippen LogP contribution in [0.4, 0.5) is 0 Å². The minimum absolute atomic E-state index is 0.325. The number of ether oxygens (including phenoxy) is 1. The molecule has 2 heterocycles. The molecule has 3 heteroatoms. The van der Waals surface area contributed by atoms with E-state index in [9.17, 15) is 0 Å². The highest BCUT2D eigenvalue weighted by Crippen LogP contribution is 2.44. The number of nitrogens with one attached hydrogen (secondary N) is 1. The summed E-state index contributed by atoms with van der Waals surface area (Å²) in [6.07, 6.45) is 5.61. The number of para-hydroxylation sites is 1. The summed E-state index contributed by atoms with van der Waals surface area (Å²) < 4.78 is 8.64. The number of hydrogen-bond acceptors (Lipinski definition) is 1. The van der Waals surface area contributed by atoms with Crippen LogP contribution in [0.25, 0.3) is 21.8 Å². The van der Waals surface area contributed by atoms with E-state index in [1.165, 1.54) is 50.6 Å². The van der Waals surface area contributed by atoms with Gasteiger partial charge in [0, 0.05) is 52.8 Å². The van der Waals surface area contributed by atoms with Crippen molar-refractivity contribution in [1.82, 2.24) is 9.55 Å². The number of aromatic amines is 1. The molecule has 0 aliphatic heterocycles. The molecule has 3 aromatic carbocycles. The van der Waals surface area contributed by atoms with E-state index in [2.05, 4.69) is 89.5 Å². The van der Waals surface area contributed by atoms with Crippen molar-refractivity contribution in [3.8, 4) is 5.75 Å². The van der Waals surface area contributed by atoms with Gasteiger partial charge in [-0.25, -0.2) is 0 Å². The Bertz CT molecular complexity index is 1380. The molecule has 3 nitrogen and oxygen atoms in total. The molecule has 1 aliphatic carbocycles. The van der Waals surface area contributed by atoms with E-state index in [4.69, 9.17) is 4.74 Å². The predicted molar refractivity (Wildman–Crippen MR) is 127 cm³/mol. The molecule has 1 unspecified atom stereocenters. The number of hydrogen-bond donors (Lipinski definition) is 1. The summed E-state index contributed by atoms with van der Waals surface area (Å²) in [6, 6.07) is 25.9. The predicted octanol–water partition coefficient (Wildman–Crippen LogP) is 6.71. The molecule has 1 N–H and O–H groups in total. The van der Waals surface area contributed by atoms with E-state index in [0.29, 0.717) is 12.5 Å². The van der Waals surface area contributed by atoms with Crippen LogP contribution in [0.5, 0.6) is 5.75 Å². The van der Waals surface area contributed by atoms with Crippen molar-refractivity contribution < 1.29 is 4.74 Å². The van der Waals surface area contributed by atoms with Crippen LogP contribution in [-0.2, 0) is 20.1 Å². The van der Waals surface area contributed by atoms with Crippen molar-refractivity contribution in [3.63, 3.8) is 0 Å². The topological polar surface area (TPSA) is 29.9 Å². The lowest BCUT2D eigenvalue weighted by atomic mass is 9.81. The van der Waals surface area contributed by atoms with Gasteiger partial charge in [-0.15, -0.1) is 0 Å². The summed E-state index contributed by atoms with van der Waals surface area (Å²) in [6.45, 7) is 0.579. The van der Waals surface area contributed by atoms with Gasteiger partial charge < -0.3 is 14.3 Å². The number of nitrogens with zero attached hydrogens (tertiary/aromatic N) is 1. The fourth-order valence-electron chi connectivity index (χ4n) is 5.17. The van der Waals surface area contributed by atoms with Crippen molar-refractivity contribution in [2.45, 2.75) is 31.8 Å². The molecule has 0 saturated carbocycles. The highest BCUT2D eigenvalue weighted by atomic mass is 16.5. The van der Waals surface area contributed by atoms with Crippen molar-refractivity contribution in [1.29, 1.82) is 0 Å². The molecule has 5 aromatic rings. The van der Waals surface area contributed by atoms with Gasteiger partial charge in [0.1, 0.15) is 12.4 Å². The molecule has 31 heavy (non-hydrogen) atoms. The molecular formula is C28H26N2O. The summed E-state index contributed by atoms with van der Waals surface area (Å²) in [5, 5.41) is 2.64. The zero-order valence-electron chi connectivity index (χ0n) is 17.8. The molecule has 154 valence electrons. The van der Waals surface area contributed by atoms with Crippen molar-refractivity contribution in [2.24, 2.45) is 7.05 Å². The molecule has 0 radical (unpaired) electrons. The molecule has 0 bridgehead atoms. The van der Waals surface area contributed by atoms with Crippen LogP contribution in [0.3, 0.4) is 0 Å². The molecule has 1 aliphatic rings. The monoisotopic (exact) mass is 406 g/mol. The molecule has 6 rings (SSSR count). The largest absolute Gasteiger partial charge is 0.489 e. The van der Waals surface area contributed by atoms with E-state index < -0.39 is 0 Å². The zero-order chi connectivity index (χ0) is 20.8. The van der Waals surface area contributed by atoms with Crippen LogP contribution >= 0.6 is 0 Å². The van der Waals surface area contributed by atoms with Gasteiger partial charge in [-0.1, -0.05) is 48.5 Å². The average molecular weight is 407 g/mol. The van der Waals surface area contributed by atoms with Gasteiger partial charge in [0.15, 0.2) is 0 Å². The summed E-state index contributed by atoms with van der Waals surface area (Å²) in [5.41, 5.74) is 7.78. The lowest BCUT2D eigenvalue weighted by molar-refractivity contribution is 0.301. The van der Waals surface area contributed by atoms with E-state index in [-0.39, 0.29) is 0 Å². The second kappa shape index (κ2) is 7.35. The van der Waals surface area contributed by atoms with Gasteiger partial charge in [0.2, 0.25) is 0 Å². The Labute approximate surface area is 182 Å². The lowest BCUT2D eigenvalue weighted by Gasteiger charge is -2.25. The summed E-state index contributed by atoms with van der Waals surface area (Å²) in [5.74, 6) is 1.32. The van der Waals surface area contributed by atoms with Gasteiger partial charge in [-0.3, -0.25) is 0 Å². The minimum Gasteiger partial charge on any atom is -0.489 e. The van der Waals surface area contributed by atoms with E-state index in [1.807, 2.05) is 6.07 Å². The molecular weight excluding hydrogens is 380 g/mol. The van der Waals surface area contributed by atoms with Gasteiger partial charge >= 0.3 is 0 Å². The van der Waals surface area contributed by atoms with Crippen molar-refractivity contribution >= 4 is 21.8 Å². The molecule has 0 amide bonds. The maximum atomic E-state index is 6.47. The van der Waals surface area contributed by atoms with Gasteiger partial charge in [0.25, 0.3) is 0 Å². The van der Waals surface area contributed by atoms with Gasteiger partial charge in [-0.2, -0.15) is 0 Å². The first-order valence-corrected chi connectivity index (χ1v) is 11.1. The van der Waals surface area contributed by atoms with Crippen molar-refractivity contribution in [2.75, 3.05) is 0 Å². The number of benzene rings is 3. The molecule has 1 atom stereocenters. The van der Waals surface area contributed by atoms with Crippen molar-refractivity contribution in [3.05, 3.63) is 101 Å².